The molecule has 1 aromatic rings. The topological polar surface area (TPSA) is 15.3 Å². The minimum Gasteiger partial charge on any atom is -0.307 e. The fraction of sp³-hybridized carbons (Fsp3) is 0.714. The maximum Gasteiger partial charge on any atom is 0.390 e. The molecule has 0 unspecified atom stereocenters. The molecule has 1 aromatic heterocycles. The van der Waals surface area contributed by atoms with Crippen LogP contribution in [0.1, 0.15) is 36.9 Å². The molecular weight excluding hydrogens is 285 g/mol. The number of hydrogen-bond donors (Lipinski definition) is 1. The van der Waals surface area contributed by atoms with Crippen LogP contribution in [0.25, 0.3) is 0 Å². The summed E-state index contributed by atoms with van der Waals surface area (Å²) in [6.45, 7) is 7.71. The zero-order valence-electron chi connectivity index (χ0n) is 12.5. The smallest absolute Gasteiger partial charge is 0.307 e. The molecule has 0 aliphatic heterocycles. The number of thiophene rings is 1. The zero-order valence-corrected chi connectivity index (χ0v) is 13.3. The molecule has 0 saturated heterocycles. The average Bonchev–Trinajstić information content (AvgIpc) is 2.70. The quantitative estimate of drug-likeness (QED) is 0.854. The van der Waals surface area contributed by atoms with E-state index in [1.807, 2.05) is 12.1 Å². The van der Waals surface area contributed by atoms with Crippen LogP contribution >= 0.6 is 11.3 Å². The largest absolute Gasteiger partial charge is 0.390 e. The first-order valence-corrected chi connectivity index (χ1v) is 7.45. The highest BCUT2D eigenvalue weighted by molar-refractivity contribution is 7.11. The van der Waals surface area contributed by atoms with E-state index in [1.165, 1.54) is 4.88 Å². The molecule has 116 valence electrons. The van der Waals surface area contributed by atoms with Crippen LogP contribution in [0.5, 0.6) is 0 Å². The molecule has 1 rings (SSSR count). The second kappa shape index (κ2) is 6.91. The Morgan fingerprint density at radius 3 is 2.30 bits per heavy atom. The van der Waals surface area contributed by atoms with E-state index in [0.29, 0.717) is 6.54 Å². The molecular formula is C14H23F3N2S. The van der Waals surface area contributed by atoms with Crippen molar-refractivity contribution in [3.63, 3.8) is 0 Å². The number of nitrogens with zero attached hydrogens (tertiary/aromatic N) is 1. The minimum atomic E-state index is -4.08. The Kier molecular flexibility index (Phi) is 6.04. The van der Waals surface area contributed by atoms with Crippen LogP contribution in [-0.4, -0.2) is 30.2 Å². The van der Waals surface area contributed by atoms with Crippen molar-refractivity contribution in [3.8, 4) is 0 Å². The number of hydrogen-bond acceptors (Lipinski definition) is 3. The van der Waals surface area contributed by atoms with Crippen molar-refractivity contribution in [2.24, 2.45) is 0 Å². The lowest BCUT2D eigenvalue weighted by Gasteiger charge is -2.19. The van der Waals surface area contributed by atoms with Gasteiger partial charge in [0, 0.05) is 34.9 Å². The summed E-state index contributed by atoms with van der Waals surface area (Å²) in [5.41, 5.74) is 0.0631. The Labute approximate surface area is 123 Å². The fourth-order valence-electron chi connectivity index (χ4n) is 1.62. The maximum atomic E-state index is 12.1. The van der Waals surface area contributed by atoms with Crippen LogP contribution in [0.3, 0.4) is 0 Å². The summed E-state index contributed by atoms with van der Waals surface area (Å²) in [5.74, 6) is 0. The summed E-state index contributed by atoms with van der Waals surface area (Å²) in [7, 11) is 1.72. The average molecular weight is 308 g/mol. The number of halogens is 3. The molecule has 0 amide bonds. The predicted octanol–water partition coefficient (Wildman–Crippen LogP) is 4.02. The van der Waals surface area contributed by atoms with E-state index in [2.05, 4.69) is 26.1 Å². The third-order valence-corrected chi connectivity index (χ3v) is 3.78. The van der Waals surface area contributed by atoms with Crippen molar-refractivity contribution in [2.45, 2.75) is 52.0 Å². The van der Waals surface area contributed by atoms with Gasteiger partial charge in [-0.2, -0.15) is 13.2 Å². The van der Waals surface area contributed by atoms with Gasteiger partial charge in [0.05, 0.1) is 6.42 Å². The molecule has 0 radical (unpaired) electrons. The Morgan fingerprint density at radius 1 is 1.15 bits per heavy atom. The van der Waals surface area contributed by atoms with Crippen LogP contribution in [0, 0.1) is 0 Å². The normalized spacial score (nSPS) is 13.2. The van der Waals surface area contributed by atoms with Crippen LogP contribution in [-0.2, 0) is 13.1 Å². The highest BCUT2D eigenvalue weighted by Crippen LogP contribution is 2.22. The molecule has 0 spiro atoms. The summed E-state index contributed by atoms with van der Waals surface area (Å²) in [4.78, 5) is 4.01. The zero-order chi connectivity index (χ0) is 15.4. The van der Waals surface area contributed by atoms with E-state index in [1.54, 1.807) is 23.3 Å². The summed E-state index contributed by atoms with van der Waals surface area (Å²) >= 11 is 1.65. The molecule has 0 aromatic carbocycles. The summed E-state index contributed by atoms with van der Waals surface area (Å²) in [6.07, 6.45) is -4.83. The van der Waals surface area contributed by atoms with Gasteiger partial charge in [0.1, 0.15) is 0 Å². The monoisotopic (exact) mass is 308 g/mol. The first-order chi connectivity index (χ1) is 9.05. The summed E-state index contributed by atoms with van der Waals surface area (Å²) in [5, 5.41) is 3.40. The van der Waals surface area contributed by atoms with E-state index in [4.69, 9.17) is 0 Å². The molecule has 0 saturated carbocycles. The van der Waals surface area contributed by atoms with E-state index in [9.17, 15) is 13.2 Å². The summed E-state index contributed by atoms with van der Waals surface area (Å²) < 4.78 is 36.4. The third-order valence-electron chi connectivity index (χ3n) is 2.71. The van der Waals surface area contributed by atoms with Gasteiger partial charge in [0.2, 0.25) is 0 Å². The number of rotatable bonds is 6. The maximum absolute atomic E-state index is 12.1. The van der Waals surface area contributed by atoms with E-state index in [0.717, 1.165) is 11.4 Å². The predicted molar refractivity (Wildman–Crippen MR) is 77.9 cm³/mol. The van der Waals surface area contributed by atoms with Crippen molar-refractivity contribution in [3.05, 3.63) is 21.9 Å². The molecule has 6 heteroatoms. The Bertz CT molecular complexity index is 407. The lowest BCUT2D eigenvalue weighted by atomic mass is 10.1. The van der Waals surface area contributed by atoms with E-state index in [-0.39, 0.29) is 12.1 Å². The van der Waals surface area contributed by atoms with Crippen LogP contribution in [0.15, 0.2) is 12.1 Å². The van der Waals surface area contributed by atoms with Gasteiger partial charge in [-0.3, -0.25) is 0 Å². The number of alkyl halides is 3. The van der Waals surface area contributed by atoms with Gasteiger partial charge in [-0.1, -0.05) is 0 Å². The first kappa shape index (κ1) is 17.5. The third kappa shape index (κ3) is 7.87. The molecule has 1 N–H and O–H groups in total. The lowest BCUT2D eigenvalue weighted by Crippen LogP contribution is -2.34. The van der Waals surface area contributed by atoms with Gasteiger partial charge in [-0.15, -0.1) is 11.3 Å². The van der Waals surface area contributed by atoms with Gasteiger partial charge in [-0.25, -0.2) is 0 Å². The molecule has 2 nitrogen and oxygen atoms in total. The van der Waals surface area contributed by atoms with Crippen LogP contribution < -0.4 is 5.32 Å². The second-order valence-electron chi connectivity index (χ2n) is 6.07. The summed E-state index contributed by atoms with van der Waals surface area (Å²) in [6, 6.07) is 4.03. The Morgan fingerprint density at radius 2 is 1.75 bits per heavy atom. The molecule has 0 atom stereocenters. The van der Waals surface area contributed by atoms with Gasteiger partial charge in [0.25, 0.3) is 0 Å². The van der Waals surface area contributed by atoms with Crippen molar-refractivity contribution >= 4 is 11.3 Å². The fourth-order valence-corrected chi connectivity index (χ4v) is 2.66. The van der Waals surface area contributed by atoms with Crippen molar-refractivity contribution in [2.75, 3.05) is 13.6 Å². The highest BCUT2D eigenvalue weighted by atomic mass is 32.1. The van der Waals surface area contributed by atoms with Gasteiger partial charge >= 0.3 is 6.18 Å². The SMILES string of the molecule is CN(CCC(F)(F)F)Cc1ccc(CNC(C)(C)C)s1. The van der Waals surface area contributed by atoms with Gasteiger partial charge in [-0.05, 0) is 40.0 Å². The Hall–Kier alpha value is -0.590. The van der Waals surface area contributed by atoms with Crippen LogP contribution in [0.4, 0.5) is 13.2 Å². The molecule has 0 bridgehead atoms. The molecule has 20 heavy (non-hydrogen) atoms. The van der Waals surface area contributed by atoms with Gasteiger partial charge in [0.15, 0.2) is 0 Å². The minimum absolute atomic E-state index is 0.0387. The van der Waals surface area contributed by atoms with Crippen molar-refractivity contribution in [1.29, 1.82) is 0 Å². The van der Waals surface area contributed by atoms with Crippen molar-refractivity contribution < 1.29 is 13.2 Å². The molecule has 0 aliphatic carbocycles. The second-order valence-corrected chi connectivity index (χ2v) is 7.33. The first-order valence-electron chi connectivity index (χ1n) is 6.63. The lowest BCUT2D eigenvalue weighted by molar-refractivity contribution is -0.137. The van der Waals surface area contributed by atoms with E-state index < -0.39 is 12.6 Å². The van der Waals surface area contributed by atoms with Gasteiger partial charge < -0.3 is 10.2 Å². The molecule has 0 fully saturated rings. The standard InChI is InChI=1S/C14H23F3N2S/c1-13(2,3)18-9-11-5-6-12(20-11)10-19(4)8-7-14(15,16)17/h5-6,18H,7-10H2,1-4H3. The van der Waals surface area contributed by atoms with Crippen LogP contribution in [0.2, 0.25) is 0 Å². The number of nitrogens with one attached hydrogen (secondary N) is 1. The van der Waals surface area contributed by atoms with Crippen molar-refractivity contribution in [1.82, 2.24) is 10.2 Å². The Balaban J connectivity index is 2.40. The molecule has 1 heterocycles. The molecule has 0 aliphatic rings. The highest BCUT2D eigenvalue weighted by Gasteiger charge is 2.27. The van der Waals surface area contributed by atoms with E-state index >= 15 is 0 Å².